The molecule has 0 spiro atoms. The molecule has 1 unspecified atom stereocenters. The van der Waals surface area contributed by atoms with Crippen molar-refractivity contribution in [3.8, 4) is 5.75 Å². The Balaban J connectivity index is 1.90. The molecular formula is C14H19NO2. The first kappa shape index (κ1) is 12.0. The second-order valence-corrected chi connectivity index (χ2v) is 4.58. The summed E-state index contributed by atoms with van der Waals surface area (Å²) in [7, 11) is 1.67. The van der Waals surface area contributed by atoms with E-state index in [-0.39, 0.29) is 0 Å². The molecule has 1 atom stereocenters. The molecular weight excluding hydrogens is 214 g/mol. The van der Waals surface area contributed by atoms with E-state index < -0.39 is 0 Å². The molecule has 0 radical (unpaired) electrons. The molecule has 92 valence electrons. The number of methoxy groups -OCH3 is 1. The van der Waals surface area contributed by atoms with Crippen LogP contribution in [0.1, 0.15) is 25.7 Å². The molecule has 0 saturated heterocycles. The Morgan fingerprint density at radius 2 is 2.24 bits per heavy atom. The Morgan fingerprint density at radius 1 is 1.41 bits per heavy atom. The van der Waals surface area contributed by atoms with Crippen molar-refractivity contribution in [1.82, 2.24) is 0 Å². The summed E-state index contributed by atoms with van der Waals surface area (Å²) in [5.74, 6) is 1.74. The van der Waals surface area contributed by atoms with Gasteiger partial charge in [-0.25, -0.2) is 0 Å². The Morgan fingerprint density at radius 3 is 3.00 bits per heavy atom. The molecule has 1 aromatic carbocycles. The fourth-order valence-electron chi connectivity index (χ4n) is 2.33. The topological polar surface area (TPSA) is 38.3 Å². The van der Waals surface area contributed by atoms with Gasteiger partial charge in [0.05, 0.1) is 12.8 Å². The second kappa shape index (κ2) is 5.71. The van der Waals surface area contributed by atoms with E-state index in [1.165, 1.54) is 0 Å². The lowest BCUT2D eigenvalue weighted by Gasteiger charge is -2.22. The molecule has 1 fully saturated rings. The molecule has 0 bridgehead atoms. The summed E-state index contributed by atoms with van der Waals surface area (Å²) < 4.78 is 5.28. The smallest absolute Gasteiger partial charge is 0.141 e. The Labute approximate surface area is 102 Å². The molecule has 1 aliphatic rings. The second-order valence-electron chi connectivity index (χ2n) is 4.58. The number of carbonyl (C=O) groups excluding carboxylic acids is 1. The fourth-order valence-corrected chi connectivity index (χ4v) is 2.33. The maximum absolute atomic E-state index is 11.4. The van der Waals surface area contributed by atoms with E-state index in [0.717, 1.165) is 43.7 Å². The molecule has 0 aromatic heterocycles. The fraction of sp³-hybridized carbons (Fsp3) is 0.500. The number of ketones is 1. The van der Waals surface area contributed by atoms with Crippen LogP contribution in [-0.4, -0.2) is 19.4 Å². The number of ether oxygens (including phenoxy) is 1. The van der Waals surface area contributed by atoms with E-state index in [0.29, 0.717) is 11.7 Å². The van der Waals surface area contributed by atoms with Gasteiger partial charge < -0.3 is 10.1 Å². The highest BCUT2D eigenvalue weighted by Gasteiger charge is 2.19. The van der Waals surface area contributed by atoms with Crippen LogP contribution < -0.4 is 10.1 Å². The molecule has 3 nitrogen and oxygen atoms in total. The van der Waals surface area contributed by atoms with Crippen molar-refractivity contribution < 1.29 is 9.53 Å². The molecule has 1 aromatic rings. The number of anilines is 1. The van der Waals surface area contributed by atoms with Gasteiger partial charge in [-0.3, -0.25) is 4.79 Å². The van der Waals surface area contributed by atoms with Crippen molar-refractivity contribution in [2.24, 2.45) is 5.92 Å². The summed E-state index contributed by atoms with van der Waals surface area (Å²) in [6.07, 6.45) is 3.68. The third-order valence-corrected chi connectivity index (χ3v) is 3.27. The van der Waals surface area contributed by atoms with Crippen molar-refractivity contribution in [2.75, 3.05) is 19.0 Å². The van der Waals surface area contributed by atoms with Gasteiger partial charge in [-0.2, -0.15) is 0 Å². The third kappa shape index (κ3) is 3.22. The minimum atomic E-state index is 0.406. The summed E-state index contributed by atoms with van der Waals surface area (Å²) in [6.45, 7) is 0.853. The number of rotatable bonds is 4. The summed E-state index contributed by atoms with van der Waals surface area (Å²) in [5.41, 5.74) is 1.01. The zero-order valence-corrected chi connectivity index (χ0v) is 10.2. The predicted octanol–water partition coefficient (Wildman–Crippen LogP) is 2.87. The van der Waals surface area contributed by atoms with Crippen molar-refractivity contribution in [3.05, 3.63) is 24.3 Å². The average molecular weight is 233 g/mol. The summed E-state index contributed by atoms with van der Waals surface area (Å²) in [4.78, 5) is 11.4. The summed E-state index contributed by atoms with van der Waals surface area (Å²) >= 11 is 0. The quantitative estimate of drug-likeness (QED) is 0.869. The van der Waals surface area contributed by atoms with Crippen LogP contribution in [0.5, 0.6) is 5.75 Å². The number of Topliss-reactive ketones (excluding diaryl/α,β-unsaturated/α-hetero) is 1. The first-order valence-corrected chi connectivity index (χ1v) is 6.18. The van der Waals surface area contributed by atoms with E-state index >= 15 is 0 Å². The minimum absolute atomic E-state index is 0.406. The van der Waals surface area contributed by atoms with Gasteiger partial charge in [0.25, 0.3) is 0 Å². The highest BCUT2D eigenvalue weighted by molar-refractivity contribution is 5.79. The first-order chi connectivity index (χ1) is 8.29. The van der Waals surface area contributed by atoms with E-state index in [9.17, 15) is 4.79 Å². The number of hydrogen-bond acceptors (Lipinski definition) is 3. The van der Waals surface area contributed by atoms with Crippen LogP contribution in [0.3, 0.4) is 0 Å². The van der Waals surface area contributed by atoms with Crippen LogP contribution in [0, 0.1) is 5.92 Å². The predicted molar refractivity (Wildman–Crippen MR) is 68.4 cm³/mol. The molecule has 17 heavy (non-hydrogen) atoms. The number of nitrogens with one attached hydrogen (secondary N) is 1. The Bertz CT molecular complexity index is 390. The lowest BCUT2D eigenvalue weighted by molar-refractivity contribution is -0.121. The van der Waals surface area contributed by atoms with Gasteiger partial charge in [-0.1, -0.05) is 12.1 Å². The standard InChI is InChI=1S/C14H19NO2/c1-17-14-8-3-2-7-13(14)15-10-11-5-4-6-12(16)9-11/h2-3,7-8,11,15H,4-6,9-10H2,1H3. The SMILES string of the molecule is COc1ccccc1NCC1CCCC(=O)C1. The first-order valence-electron chi connectivity index (χ1n) is 6.18. The minimum Gasteiger partial charge on any atom is -0.495 e. The molecule has 2 rings (SSSR count). The zero-order chi connectivity index (χ0) is 12.1. The number of carbonyl (C=O) groups is 1. The monoisotopic (exact) mass is 233 g/mol. The van der Waals surface area contributed by atoms with Gasteiger partial charge in [0.2, 0.25) is 0 Å². The molecule has 0 amide bonds. The van der Waals surface area contributed by atoms with Crippen molar-refractivity contribution >= 4 is 11.5 Å². The van der Waals surface area contributed by atoms with Crippen LogP contribution in [0.25, 0.3) is 0 Å². The van der Waals surface area contributed by atoms with Crippen molar-refractivity contribution in [3.63, 3.8) is 0 Å². The van der Waals surface area contributed by atoms with Crippen LogP contribution >= 0.6 is 0 Å². The molecule has 3 heteroatoms. The number of benzene rings is 1. The molecule has 1 aliphatic carbocycles. The Kier molecular flexibility index (Phi) is 4.02. The van der Waals surface area contributed by atoms with E-state index in [4.69, 9.17) is 4.74 Å². The van der Waals surface area contributed by atoms with Gasteiger partial charge in [0.1, 0.15) is 11.5 Å². The lowest BCUT2D eigenvalue weighted by atomic mass is 9.88. The van der Waals surface area contributed by atoms with Gasteiger partial charge in [-0.05, 0) is 30.9 Å². The maximum Gasteiger partial charge on any atom is 0.141 e. The Hall–Kier alpha value is -1.51. The van der Waals surface area contributed by atoms with Crippen LogP contribution in [0.2, 0.25) is 0 Å². The van der Waals surface area contributed by atoms with Gasteiger partial charge in [0.15, 0.2) is 0 Å². The zero-order valence-electron chi connectivity index (χ0n) is 10.2. The summed E-state index contributed by atoms with van der Waals surface area (Å²) in [6, 6.07) is 7.88. The van der Waals surface area contributed by atoms with Gasteiger partial charge >= 0.3 is 0 Å². The lowest BCUT2D eigenvalue weighted by Crippen LogP contribution is -2.22. The maximum atomic E-state index is 11.4. The number of para-hydroxylation sites is 2. The highest BCUT2D eigenvalue weighted by atomic mass is 16.5. The largest absolute Gasteiger partial charge is 0.495 e. The van der Waals surface area contributed by atoms with E-state index in [1.54, 1.807) is 7.11 Å². The van der Waals surface area contributed by atoms with Crippen LogP contribution in [0.4, 0.5) is 5.69 Å². The number of hydrogen-bond donors (Lipinski definition) is 1. The van der Waals surface area contributed by atoms with Crippen molar-refractivity contribution in [1.29, 1.82) is 0 Å². The molecule has 0 aliphatic heterocycles. The van der Waals surface area contributed by atoms with Gasteiger partial charge in [-0.15, -0.1) is 0 Å². The normalized spacial score (nSPS) is 20.1. The third-order valence-electron chi connectivity index (χ3n) is 3.27. The van der Waals surface area contributed by atoms with Crippen molar-refractivity contribution in [2.45, 2.75) is 25.7 Å². The van der Waals surface area contributed by atoms with E-state index in [1.807, 2.05) is 24.3 Å². The van der Waals surface area contributed by atoms with Crippen LogP contribution in [-0.2, 0) is 4.79 Å². The molecule has 0 heterocycles. The summed E-state index contributed by atoms with van der Waals surface area (Å²) in [5, 5.41) is 3.38. The molecule has 1 N–H and O–H groups in total. The highest BCUT2D eigenvalue weighted by Crippen LogP contribution is 2.26. The van der Waals surface area contributed by atoms with Gasteiger partial charge in [0, 0.05) is 19.4 Å². The average Bonchev–Trinajstić information content (AvgIpc) is 2.37. The molecule has 1 saturated carbocycles. The van der Waals surface area contributed by atoms with E-state index in [2.05, 4.69) is 5.32 Å². The van der Waals surface area contributed by atoms with Crippen LogP contribution in [0.15, 0.2) is 24.3 Å².